The number of pyridine rings is 1. The molecule has 2 heterocycles. The lowest BCUT2D eigenvalue weighted by atomic mass is 10.2. The number of urea groups is 1. The van der Waals surface area contributed by atoms with Crippen LogP contribution in [0.2, 0.25) is 5.02 Å². The van der Waals surface area contributed by atoms with Gasteiger partial charge < -0.3 is 19.9 Å². The Kier molecular flexibility index (Phi) is 6.40. The number of benzene rings is 1. The van der Waals surface area contributed by atoms with E-state index in [1.807, 2.05) is 55.1 Å². The van der Waals surface area contributed by atoms with Gasteiger partial charge in [0, 0.05) is 44.5 Å². The van der Waals surface area contributed by atoms with Crippen LogP contribution in [0.25, 0.3) is 0 Å². The van der Waals surface area contributed by atoms with Crippen molar-refractivity contribution in [2.75, 3.05) is 31.1 Å². The van der Waals surface area contributed by atoms with Crippen LogP contribution in [0.3, 0.4) is 0 Å². The fourth-order valence-corrected chi connectivity index (χ4v) is 3.28. The Labute approximate surface area is 165 Å². The number of rotatable bonds is 5. The molecule has 0 aliphatic carbocycles. The molecule has 3 rings (SSSR count). The Morgan fingerprint density at radius 3 is 2.63 bits per heavy atom. The molecular formula is C20H25ClN4O2. The number of aromatic nitrogens is 1. The number of amides is 2. The number of piperazine rings is 1. The van der Waals surface area contributed by atoms with Crippen LogP contribution >= 0.6 is 11.6 Å². The van der Waals surface area contributed by atoms with Crippen molar-refractivity contribution in [2.24, 2.45) is 0 Å². The number of ether oxygens (including phenoxy) is 1. The van der Waals surface area contributed by atoms with Gasteiger partial charge in [0.15, 0.2) is 0 Å². The van der Waals surface area contributed by atoms with Gasteiger partial charge in [-0.1, -0.05) is 29.8 Å². The smallest absolute Gasteiger partial charge is 0.317 e. The van der Waals surface area contributed by atoms with Crippen molar-refractivity contribution in [3.8, 4) is 5.88 Å². The number of hydrogen-bond acceptors (Lipinski definition) is 4. The third-order valence-electron chi connectivity index (χ3n) is 4.39. The van der Waals surface area contributed by atoms with Gasteiger partial charge in [-0.2, -0.15) is 0 Å². The second kappa shape index (κ2) is 8.95. The molecule has 1 N–H and O–H groups in total. The third-order valence-corrected chi connectivity index (χ3v) is 4.71. The Morgan fingerprint density at radius 1 is 1.19 bits per heavy atom. The summed E-state index contributed by atoms with van der Waals surface area (Å²) in [7, 11) is 0. The Hall–Kier alpha value is -2.47. The van der Waals surface area contributed by atoms with Crippen LogP contribution in [-0.2, 0) is 6.54 Å². The number of nitrogens with zero attached hydrogens (tertiary/aromatic N) is 3. The summed E-state index contributed by atoms with van der Waals surface area (Å²) in [6.07, 6.45) is 1.73. The fraction of sp³-hybridized carbons (Fsp3) is 0.400. The molecule has 27 heavy (non-hydrogen) atoms. The monoisotopic (exact) mass is 388 g/mol. The number of para-hydroxylation sites is 1. The average molecular weight is 389 g/mol. The molecule has 1 fully saturated rings. The normalized spacial score (nSPS) is 14.4. The number of anilines is 1. The lowest BCUT2D eigenvalue weighted by Crippen LogP contribution is -2.51. The highest BCUT2D eigenvalue weighted by atomic mass is 35.5. The van der Waals surface area contributed by atoms with Crippen molar-refractivity contribution in [3.63, 3.8) is 0 Å². The Bertz CT molecular complexity index is 776. The molecule has 7 heteroatoms. The highest BCUT2D eigenvalue weighted by molar-refractivity contribution is 6.33. The van der Waals surface area contributed by atoms with E-state index in [0.717, 1.165) is 29.4 Å². The molecule has 1 aliphatic rings. The maximum Gasteiger partial charge on any atom is 0.317 e. The first-order valence-electron chi connectivity index (χ1n) is 9.17. The molecule has 1 aromatic carbocycles. The zero-order valence-corrected chi connectivity index (χ0v) is 16.4. The van der Waals surface area contributed by atoms with Crippen molar-refractivity contribution in [2.45, 2.75) is 26.5 Å². The van der Waals surface area contributed by atoms with E-state index < -0.39 is 0 Å². The molecular weight excluding hydrogens is 364 g/mol. The summed E-state index contributed by atoms with van der Waals surface area (Å²) in [4.78, 5) is 20.8. The van der Waals surface area contributed by atoms with Crippen LogP contribution in [0.4, 0.5) is 10.5 Å². The molecule has 2 aromatic rings. The molecule has 0 radical (unpaired) electrons. The summed E-state index contributed by atoms with van der Waals surface area (Å²) in [5, 5.41) is 3.71. The Morgan fingerprint density at radius 2 is 1.93 bits per heavy atom. The first-order chi connectivity index (χ1) is 13.0. The average Bonchev–Trinajstić information content (AvgIpc) is 2.67. The first-order valence-corrected chi connectivity index (χ1v) is 9.55. The van der Waals surface area contributed by atoms with E-state index in [1.54, 1.807) is 6.20 Å². The van der Waals surface area contributed by atoms with Crippen LogP contribution in [0.15, 0.2) is 42.6 Å². The predicted octanol–water partition coefficient (Wildman–Crippen LogP) is 3.55. The topological polar surface area (TPSA) is 57.7 Å². The molecule has 0 atom stereocenters. The van der Waals surface area contributed by atoms with E-state index in [-0.39, 0.29) is 12.1 Å². The predicted molar refractivity (Wildman–Crippen MR) is 107 cm³/mol. The van der Waals surface area contributed by atoms with Crippen molar-refractivity contribution < 1.29 is 9.53 Å². The molecule has 0 bridgehead atoms. The van der Waals surface area contributed by atoms with E-state index in [0.29, 0.717) is 25.5 Å². The van der Waals surface area contributed by atoms with Crippen LogP contribution < -0.4 is 15.0 Å². The van der Waals surface area contributed by atoms with Crippen LogP contribution in [0, 0.1) is 0 Å². The molecule has 0 spiro atoms. The molecule has 0 unspecified atom stereocenters. The van der Waals surface area contributed by atoms with Crippen LogP contribution in [-0.4, -0.2) is 48.2 Å². The van der Waals surface area contributed by atoms with Gasteiger partial charge in [-0.05, 0) is 32.0 Å². The molecule has 6 nitrogen and oxygen atoms in total. The summed E-state index contributed by atoms with van der Waals surface area (Å²) in [5.74, 6) is 0.566. The van der Waals surface area contributed by atoms with Crippen molar-refractivity contribution in [1.82, 2.24) is 15.2 Å². The number of carbonyl (C=O) groups is 1. The van der Waals surface area contributed by atoms with Gasteiger partial charge in [0.25, 0.3) is 0 Å². The van der Waals surface area contributed by atoms with Gasteiger partial charge >= 0.3 is 6.03 Å². The van der Waals surface area contributed by atoms with Crippen molar-refractivity contribution in [1.29, 1.82) is 0 Å². The maximum absolute atomic E-state index is 12.5. The number of nitrogens with one attached hydrogen (secondary N) is 1. The molecule has 2 amide bonds. The maximum atomic E-state index is 12.5. The zero-order chi connectivity index (χ0) is 19.2. The van der Waals surface area contributed by atoms with E-state index >= 15 is 0 Å². The first kappa shape index (κ1) is 19.3. The Balaban J connectivity index is 1.53. The highest BCUT2D eigenvalue weighted by Crippen LogP contribution is 2.26. The number of halogens is 1. The summed E-state index contributed by atoms with van der Waals surface area (Å²) in [6, 6.07) is 11.5. The molecule has 144 valence electrons. The third kappa shape index (κ3) is 5.04. The lowest BCUT2D eigenvalue weighted by Gasteiger charge is -2.36. The summed E-state index contributed by atoms with van der Waals surface area (Å²) in [6.45, 7) is 7.11. The minimum absolute atomic E-state index is 0.0345. The molecule has 1 aromatic heterocycles. The van der Waals surface area contributed by atoms with Gasteiger partial charge in [0.05, 0.1) is 16.8 Å². The molecule has 1 aliphatic heterocycles. The van der Waals surface area contributed by atoms with E-state index in [9.17, 15) is 4.79 Å². The van der Waals surface area contributed by atoms with Crippen LogP contribution in [0.1, 0.15) is 19.4 Å². The quantitative estimate of drug-likeness (QED) is 0.850. The minimum Gasteiger partial charge on any atom is -0.475 e. The summed E-state index contributed by atoms with van der Waals surface area (Å²) in [5.41, 5.74) is 1.89. The van der Waals surface area contributed by atoms with Crippen LogP contribution in [0.5, 0.6) is 5.88 Å². The number of carbonyl (C=O) groups excluding carboxylic acids is 1. The van der Waals surface area contributed by atoms with Gasteiger partial charge in [0.1, 0.15) is 0 Å². The SMILES string of the molecule is CC(C)Oc1ncccc1CNC(=O)N1CCN(c2ccccc2Cl)CC1. The fourth-order valence-electron chi connectivity index (χ4n) is 3.03. The van der Waals surface area contributed by atoms with Gasteiger partial charge in [0.2, 0.25) is 5.88 Å². The number of hydrogen-bond donors (Lipinski definition) is 1. The van der Waals surface area contributed by atoms with Gasteiger partial charge in [-0.15, -0.1) is 0 Å². The van der Waals surface area contributed by atoms with E-state index in [4.69, 9.17) is 16.3 Å². The minimum atomic E-state index is -0.0758. The van der Waals surface area contributed by atoms with Gasteiger partial charge in [-0.3, -0.25) is 0 Å². The standard InChI is InChI=1S/C20H25ClN4O2/c1-15(2)27-19-16(6-5-9-22-19)14-23-20(26)25-12-10-24(11-13-25)18-8-4-3-7-17(18)21/h3-9,15H,10-14H2,1-2H3,(H,23,26). The van der Waals surface area contributed by atoms with Gasteiger partial charge in [-0.25, -0.2) is 9.78 Å². The van der Waals surface area contributed by atoms with E-state index in [2.05, 4.69) is 15.2 Å². The second-order valence-corrected chi connectivity index (χ2v) is 7.13. The van der Waals surface area contributed by atoms with E-state index in [1.165, 1.54) is 0 Å². The second-order valence-electron chi connectivity index (χ2n) is 6.72. The highest BCUT2D eigenvalue weighted by Gasteiger charge is 2.22. The molecule has 1 saturated heterocycles. The molecule has 0 saturated carbocycles. The lowest BCUT2D eigenvalue weighted by molar-refractivity contribution is 0.193. The zero-order valence-electron chi connectivity index (χ0n) is 15.7. The van der Waals surface area contributed by atoms with Crippen molar-refractivity contribution in [3.05, 3.63) is 53.2 Å². The summed E-state index contributed by atoms with van der Waals surface area (Å²) >= 11 is 6.27. The van der Waals surface area contributed by atoms with Crippen molar-refractivity contribution >= 4 is 23.3 Å². The summed E-state index contributed by atoms with van der Waals surface area (Å²) < 4.78 is 5.70. The largest absolute Gasteiger partial charge is 0.475 e.